The molecule has 33 heavy (non-hydrogen) atoms. The van der Waals surface area contributed by atoms with Crippen LogP contribution in [0.3, 0.4) is 0 Å². The summed E-state index contributed by atoms with van der Waals surface area (Å²) < 4.78 is 32.3. The Balaban J connectivity index is 1.48. The third-order valence-electron chi connectivity index (χ3n) is 5.44. The van der Waals surface area contributed by atoms with Crippen molar-refractivity contribution in [3.63, 3.8) is 0 Å². The molecule has 3 rings (SSSR count). The standard InChI is InChI=1S/C23H27N3O6S/c1-16-7-5-6-10-20(16)24-23(29)25-21(27)15-32-22(28)17-11-13-19(14-12-17)33(30,31)26-18-8-3-2-4-9-18/h2-4,8-9,11-14,16,20,26H,5-7,10,15H2,1H3,(H2,24,25,27,29). The Kier molecular flexibility index (Phi) is 8.05. The van der Waals surface area contributed by atoms with Crippen molar-refractivity contribution in [1.82, 2.24) is 10.6 Å². The molecule has 1 fully saturated rings. The number of carbonyl (C=O) groups is 3. The molecule has 2 aromatic carbocycles. The van der Waals surface area contributed by atoms with Crippen LogP contribution in [0.4, 0.5) is 10.5 Å². The molecule has 9 nitrogen and oxygen atoms in total. The van der Waals surface area contributed by atoms with Gasteiger partial charge in [0, 0.05) is 11.7 Å². The van der Waals surface area contributed by atoms with Crippen molar-refractivity contribution in [2.24, 2.45) is 5.92 Å². The number of imide groups is 1. The van der Waals surface area contributed by atoms with Crippen LogP contribution in [-0.4, -0.2) is 39.0 Å². The average Bonchev–Trinajstić information content (AvgIpc) is 2.79. The minimum atomic E-state index is -3.82. The lowest BCUT2D eigenvalue weighted by Crippen LogP contribution is -2.48. The van der Waals surface area contributed by atoms with Crippen LogP contribution < -0.4 is 15.4 Å². The molecule has 2 aromatic rings. The number of benzene rings is 2. The largest absolute Gasteiger partial charge is 0.452 e. The summed E-state index contributed by atoms with van der Waals surface area (Å²) in [5.74, 6) is -1.23. The first-order valence-corrected chi connectivity index (χ1v) is 12.2. The topological polar surface area (TPSA) is 131 Å². The van der Waals surface area contributed by atoms with E-state index in [9.17, 15) is 22.8 Å². The fourth-order valence-corrected chi connectivity index (χ4v) is 4.66. The number of urea groups is 1. The van der Waals surface area contributed by atoms with Gasteiger partial charge in [-0.05, 0) is 55.2 Å². The molecule has 3 amide bonds. The van der Waals surface area contributed by atoms with E-state index in [1.165, 1.54) is 24.3 Å². The molecule has 0 spiro atoms. The maximum absolute atomic E-state index is 12.4. The summed E-state index contributed by atoms with van der Waals surface area (Å²) in [7, 11) is -3.82. The Labute approximate surface area is 193 Å². The van der Waals surface area contributed by atoms with E-state index in [2.05, 4.69) is 22.3 Å². The predicted molar refractivity (Wildman–Crippen MR) is 122 cm³/mol. The number of hydrogen-bond donors (Lipinski definition) is 3. The first-order valence-electron chi connectivity index (χ1n) is 10.7. The minimum absolute atomic E-state index is 0.0141. The van der Waals surface area contributed by atoms with Gasteiger partial charge >= 0.3 is 12.0 Å². The molecule has 0 radical (unpaired) electrons. The highest BCUT2D eigenvalue weighted by molar-refractivity contribution is 7.92. The van der Waals surface area contributed by atoms with Crippen LogP contribution in [0.15, 0.2) is 59.5 Å². The fourth-order valence-electron chi connectivity index (χ4n) is 3.60. The summed E-state index contributed by atoms with van der Waals surface area (Å²) >= 11 is 0. The van der Waals surface area contributed by atoms with E-state index in [1.54, 1.807) is 30.3 Å². The van der Waals surface area contributed by atoms with Crippen molar-refractivity contribution >= 4 is 33.6 Å². The average molecular weight is 474 g/mol. The molecule has 0 saturated heterocycles. The van der Waals surface area contributed by atoms with Crippen LogP contribution in [0.5, 0.6) is 0 Å². The van der Waals surface area contributed by atoms with Crippen LogP contribution in [-0.2, 0) is 19.6 Å². The number of rotatable bonds is 7. The van der Waals surface area contributed by atoms with Gasteiger partial charge in [0.1, 0.15) is 0 Å². The first-order chi connectivity index (χ1) is 15.7. The Morgan fingerprint density at radius 2 is 1.64 bits per heavy atom. The summed E-state index contributed by atoms with van der Waals surface area (Å²) in [5.41, 5.74) is 0.482. The molecule has 1 saturated carbocycles. The van der Waals surface area contributed by atoms with E-state index >= 15 is 0 Å². The molecule has 3 N–H and O–H groups in total. The monoisotopic (exact) mass is 473 g/mol. The summed E-state index contributed by atoms with van der Waals surface area (Å²) in [5, 5.41) is 4.94. The second-order valence-corrected chi connectivity index (χ2v) is 9.64. The molecule has 0 heterocycles. The van der Waals surface area contributed by atoms with Crippen molar-refractivity contribution < 1.29 is 27.5 Å². The minimum Gasteiger partial charge on any atom is -0.452 e. The number of sulfonamides is 1. The number of hydrogen-bond acceptors (Lipinski definition) is 6. The van der Waals surface area contributed by atoms with Gasteiger partial charge in [-0.1, -0.05) is 38.0 Å². The molecule has 2 unspecified atom stereocenters. The van der Waals surface area contributed by atoms with E-state index < -0.39 is 34.5 Å². The quantitative estimate of drug-likeness (QED) is 0.530. The van der Waals surface area contributed by atoms with E-state index in [-0.39, 0.29) is 16.5 Å². The zero-order chi connectivity index (χ0) is 23.8. The van der Waals surface area contributed by atoms with Gasteiger partial charge in [-0.15, -0.1) is 0 Å². The van der Waals surface area contributed by atoms with Crippen molar-refractivity contribution in [3.05, 3.63) is 60.2 Å². The molecule has 10 heteroatoms. The number of amides is 3. The van der Waals surface area contributed by atoms with Crippen molar-refractivity contribution in [2.75, 3.05) is 11.3 Å². The van der Waals surface area contributed by atoms with Gasteiger partial charge in [0.05, 0.1) is 10.5 Å². The number of para-hydroxylation sites is 1. The Bertz CT molecular complexity index is 1090. The second-order valence-electron chi connectivity index (χ2n) is 7.96. The highest BCUT2D eigenvalue weighted by atomic mass is 32.2. The number of anilines is 1. The number of esters is 1. The Hall–Kier alpha value is -3.40. The summed E-state index contributed by atoms with van der Waals surface area (Å²) in [4.78, 5) is 36.1. The lowest BCUT2D eigenvalue weighted by molar-refractivity contribution is -0.123. The molecule has 1 aliphatic carbocycles. The van der Waals surface area contributed by atoms with Gasteiger partial charge in [0.2, 0.25) is 0 Å². The normalized spacial score (nSPS) is 18.1. The smallest absolute Gasteiger partial charge is 0.338 e. The van der Waals surface area contributed by atoms with Gasteiger partial charge in [0.15, 0.2) is 6.61 Å². The number of nitrogens with one attached hydrogen (secondary N) is 3. The van der Waals surface area contributed by atoms with E-state index in [0.717, 1.165) is 25.7 Å². The SMILES string of the molecule is CC1CCCCC1NC(=O)NC(=O)COC(=O)c1ccc(S(=O)(=O)Nc2ccccc2)cc1. The van der Waals surface area contributed by atoms with E-state index in [0.29, 0.717) is 11.6 Å². The number of carbonyl (C=O) groups excluding carboxylic acids is 3. The summed E-state index contributed by atoms with van der Waals surface area (Å²) in [6.07, 6.45) is 4.05. The Morgan fingerprint density at radius 1 is 0.970 bits per heavy atom. The maximum atomic E-state index is 12.4. The van der Waals surface area contributed by atoms with Crippen LogP contribution >= 0.6 is 0 Å². The van der Waals surface area contributed by atoms with Gasteiger partial charge in [-0.3, -0.25) is 14.8 Å². The molecule has 0 aromatic heterocycles. The van der Waals surface area contributed by atoms with Gasteiger partial charge in [-0.25, -0.2) is 18.0 Å². The maximum Gasteiger partial charge on any atom is 0.338 e. The third kappa shape index (κ3) is 7.04. The number of ether oxygens (including phenoxy) is 1. The third-order valence-corrected chi connectivity index (χ3v) is 6.84. The molecule has 176 valence electrons. The second kappa shape index (κ2) is 11.0. The van der Waals surface area contributed by atoms with Crippen molar-refractivity contribution in [3.8, 4) is 0 Å². The lowest BCUT2D eigenvalue weighted by atomic mass is 9.86. The molecule has 1 aliphatic rings. The zero-order valence-electron chi connectivity index (χ0n) is 18.2. The van der Waals surface area contributed by atoms with Gasteiger partial charge in [0.25, 0.3) is 15.9 Å². The lowest BCUT2D eigenvalue weighted by Gasteiger charge is -2.29. The highest BCUT2D eigenvalue weighted by Gasteiger charge is 2.23. The predicted octanol–water partition coefficient (Wildman–Crippen LogP) is 3.05. The molecule has 2 atom stereocenters. The van der Waals surface area contributed by atoms with Gasteiger partial charge in [-0.2, -0.15) is 0 Å². The van der Waals surface area contributed by atoms with Crippen LogP contribution in [0.1, 0.15) is 43.0 Å². The van der Waals surface area contributed by atoms with E-state index in [1.807, 2.05) is 0 Å². The van der Waals surface area contributed by atoms with Crippen LogP contribution in [0, 0.1) is 5.92 Å². The highest BCUT2D eigenvalue weighted by Crippen LogP contribution is 2.23. The summed E-state index contributed by atoms with van der Waals surface area (Å²) in [6.45, 7) is 1.42. The molecule has 0 bridgehead atoms. The van der Waals surface area contributed by atoms with Crippen LogP contribution in [0.2, 0.25) is 0 Å². The Morgan fingerprint density at radius 3 is 2.30 bits per heavy atom. The van der Waals surface area contributed by atoms with Crippen molar-refractivity contribution in [1.29, 1.82) is 0 Å². The fraction of sp³-hybridized carbons (Fsp3) is 0.348. The molecular weight excluding hydrogens is 446 g/mol. The summed E-state index contributed by atoms with van der Waals surface area (Å²) in [6, 6.07) is 12.9. The molecule has 0 aliphatic heterocycles. The molecular formula is C23H27N3O6S. The zero-order valence-corrected chi connectivity index (χ0v) is 19.1. The first kappa shape index (κ1) is 24.2. The van der Waals surface area contributed by atoms with Gasteiger partial charge < -0.3 is 10.1 Å². The van der Waals surface area contributed by atoms with E-state index in [4.69, 9.17) is 4.74 Å². The van der Waals surface area contributed by atoms with Crippen LogP contribution in [0.25, 0.3) is 0 Å². The van der Waals surface area contributed by atoms with Crippen molar-refractivity contribution in [2.45, 2.75) is 43.5 Å².